The molecule has 0 N–H and O–H groups in total. The first-order valence-corrected chi connectivity index (χ1v) is 9.66. The van der Waals surface area contributed by atoms with Gasteiger partial charge in [0.2, 0.25) is 0 Å². The summed E-state index contributed by atoms with van der Waals surface area (Å²) in [4.78, 5) is 12.3. The second-order valence-electron chi connectivity index (χ2n) is 5.58. The Balaban J connectivity index is 1.80. The average molecular weight is 371 g/mol. The Labute approximate surface area is 151 Å². The van der Waals surface area contributed by atoms with Gasteiger partial charge in [-0.1, -0.05) is 54.1 Å². The molecule has 3 rings (SSSR count). The number of ketones is 1. The van der Waals surface area contributed by atoms with Gasteiger partial charge in [0.15, 0.2) is 15.6 Å². The van der Waals surface area contributed by atoms with Crippen molar-refractivity contribution in [3.63, 3.8) is 0 Å². The zero-order chi connectivity index (χ0) is 17.9. The lowest BCUT2D eigenvalue weighted by molar-refractivity contribution is 0.102. The van der Waals surface area contributed by atoms with E-state index in [1.807, 2.05) is 30.3 Å². The molecule has 0 saturated heterocycles. The summed E-state index contributed by atoms with van der Waals surface area (Å²) in [5.41, 5.74) is 2.25. The number of carbonyl (C=O) groups excluding carboxylic acids is 1. The molecular formula is C20H15ClO3S. The number of Topliss-reactive ketones (excluding diaryl/α,β-unsaturated/α-hetero) is 1. The molecule has 0 fully saturated rings. The molecule has 0 aliphatic rings. The van der Waals surface area contributed by atoms with Crippen LogP contribution in [0.5, 0.6) is 0 Å². The van der Waals surface area contributed by atoms with Gasteiger partial charge < -0.3 is 0 Å². The normalized spacial score (nSPS) is 11.2. The SMILES string of the molecule is O=C(CS(=O)(=O)c1ccc(-c2ccccc2)cc1)c1ccc(Cl)cc1. The van der Waals surface area contributed by atoms with Crippen molar-refractivity contribution in [3.05, 3.63) is 89.4 Å². The molecule has 3 nitrogen and oxygen atoms in total. The summed E-state index contributed by atoms with van der Waals surface area (Å²) in [6.45, 7) is 0. The third-order valence-corrected chi connectivity index (χ3v) is 5.69. The van der Waals surface area contributed by atoms with Crippen molar-refractivity contribution in [3.8, 4) is 11.1 Å². The third kappa shape index (κ3) is 4.16. The zero-order valence-electron chi connectivity index (χ0n) is 13.2. The van der Waals surface area contributed by atoms with Crippen molar-refractivity contribution in [2.45, 2.75) is 4.90 Å². The molecule has 25 heavy (non-hydrogen) atoms. The monoisotopic (exact) mass is 370 g/mol. The molecular weight excluding hydrogens is 356 g/mol. The third-order valence-electron chi connectivity index (χ3n) is 3.81. The van der Waals surface area contributed by atoms with E-state index < -0.39 is 21.4 Å². The predicted octanol–water partition coefficient (Wildman–Crippen LogP) is 4.66. The van der Waals surface area contributed by atoms with E-state index in [-0.39, 0.29) is 4.90 Å². The molecule has 0 aliphatic carbocycles. The Morgan fingerprint density at radius 3 is 1.92 bits per heavy atom. The Hall–Kier alpha value is -2.43. The number of sulfone groups is 1. The number of carbonyl (C=O) groups is 1. The Morgan fingerprint density at radius 1 is 0.760 bits per heavy atom. The van der Waals surface area contributed by atoms with Crippen molar-refractivity contribution < 1.29 is 13.2 Å². The van der Waals surface area contributed by atoms with Gasteiger partial charge in [0.05, 0.1) is 4.90 Å². The maximum atomic E-state index is 12.5. The van der Waals surface area contributed by atoms with E-state index in [1.54, 1.807) is 24.3 Å². The molecule has 0 radical (unpaired) electrons. The van der Waals surface area contributed by atoms with E-state index in [9.17, 15) is 13.2 Å². The van der Waals surface area contributed by atoms with E-state index in [0.717, 1.165) is 11.1 Å². The number of hydrogen-bond donors (Lipinski definition) is 0. The first kappa shape index (κ1) is 17.4. The number of halogens is 1. The van der Waals surface area contributed by atoms with Crippen LogP contribution in [0.2, 0.25) is 5.02 Å². The van der Waals surface area contributed by atoms with Crippen molar-refractivity contribution in [1.29, 1.82) is 0 Å². The highest BCUT2D eigenvalue weighted by Crippen LogP contribution is 2.22. The van der Waals surface area contributed by atoms with Crippen LogP contribution in [0, 0.1) is 0 Å². The second-order valence-corrected chi connectivity index (χ2v) is 8.01. The van der Waals surface area contributed by atoms with Crippen molar-refractivity contribution in [1.82, 2.24) is 0 Å². The quantitative estimate of drug-likeness (QED) is 0.613. The minimum absolute atomic E-state index is 0.134. The molecule has 0 spiro atoms. The summed E-state index contributed by atoms with van der Waals surface area (Å²) in [6.07, 6.45) is 0. The highest BCUT2D eigenvalue weighted by molar-refractivity contribution is 7.92. The first-order valence-electron chi connectivity index (χ1n) is 7.63. The van der Waals surface area contributed by atoms with Gasteiger partial charge >= 0.3 is 0 Å². The van der Waals surface area contributed by atoms with Crippen LogP contribution in [0.1, 0.15) is 10.4 Å². The standard InChI is InChI=1S/C20H15ClO3S/c21-18-10-6-17(7-11-18)20(22)14-25(23,24)19-12-8-16(9-13-19)15-4-2-1-3-5-15/h1-13H,14H2. The van der Waals surface area contributed by atoms with Crippen LogP contribution in [0.15, 0.2) is 83.8 Å². The first-order chi connectivity index (χ1) is 12.0. The summed E-state index contributed by atoms with van der Waals surface area (Å²) in [5, 5.41) is 0.496. The van der Waals surface area contributed by atoms with E-state index >= 15 is 0 Å². The van der Waals surface area contributed by atoms with Gasteiger partial charge in [-0.2, -0.15) is 0 Å². The van der Waals surface area contributed by atoms with Gasteiger partial charge in [-0.15, -0.1) is 0 Å². The molecule has 3 aromatic carbocycles. The molecule has 5 heteroatoms. The van der Waals surface area contributed by atoms with Gasteiger partial charge in [-0.25, -0.2) is 8.42 Å². The smallest absolute Gasteiger partial charge is 0.185 e. The summed E-state index contributed by atoms with van der Waals surface area (Å²) in [7, 11) is -3.70. The van der Waals surface area contributed by atoms with Gasteiger partial charge in [-0.3, -0.25) is 4.79 Å². The molecule has 0 aliphatic heterocycles. The Morgan fingerprint density at radius 2 is 1.32 bits per heavy atom. The number of hydrogen-bond acceptors (Lipinski definition) is 3. The van der Waals surface area contributed by atoms with Gasteiger partial charge in [-0.05, 0) is 47.5 Å². The topological polar surface area (TPSA) is 51.2 Å². The molecule has 0 bridgehead atoms. The van der Waals surface area contributed by atoms with Gasteiger partial charge in [0.1, 0.15) is 5.75 Å². The average Bonchev–Trinajstić information content (AvgIpc) is 2.63. The fraction of sp³-hybridized carbons (Fsp3) is 0.0500. The van der Waals surface area contributed by atoms with Crippen LogP contribution >= 0.6 is 11.6 Å². The van der Waals surface area contributed by atoms with Crippen molar-refractivity contribution in [2.24, 2.45) is 0 Å². The number of benzene rings is 3. The largest absolute Gasteiger partial charge is 0.293 e. The Bertz CT molecular complexity index is 977. The van der Waals surface area contributed by atoms with E-state index in [1.165, 1.54) is 24.3 Å². The lowest BCUT2D eigenvalue weighted by atomic mass is 10.1. The Kier molecular flexibility index (Phi) is 5.02. The molecule has 0 aromatic heterocycles. The van der Waals surface area contributed by atoms with Crippen molar-refractivity contribution >= 4 is 27.2 Å². The number of rotatable bonds is 5. The van der Waals surface area contributed by atoms with Crippen LogP contribution < -0.4 is 0 Å². The molecule has 0 saturated carbocycles. The van der Waals surface area contributed by atoms with Gasteiger partial charge in [0.25, 0.3) is 0 Å². The highest BCUT2D eigenvalue weighted by atomic mass is 35.5. The van der Waals surface area contributed by atoms with E-state index in [0.29, 0.717) is 10.6 Å². The molecule has 0 heterocycles. The zero-order valence-corrected chi connectivity index (χ0v) is 14.8. The van der Waals surface area contributed by atoms with E-state index in [2.05, 4.69) is 0 Å². The van der Waals surface area contributed by atoms with Crippen LogP contribution in [-0.2, 0) is 9.84 Å². The maximum Gasteiger partial charge on any atom is 0.185 e. The minimum Gasteiger partial charge on any atom is -0.293 e. The van der Waals surface area contributed by atoms with Crippen molar-refractivity contribution in [2.75, 3.05) is 5.75 Å². The lowest BCUT2D eigenvalue weighted by Crippen LogP contribution is -2.16. The van der Waals surface area contributed by atoms with Crippen LogP contribution in [-0.4, -0.2) is 20.0 Å². The van der Waals surface area contributed by atoms with E-state index in [4.69, 9.17) is 11.6 Å². The fourth-order valence-corrected chi connectivity index (χ4v) is 3.82. The van der Waals surface area contributed by atoms with Crippen LogP contribution in [0.3, 0.4) is 0 Å². The lowest BCUT2D eigenvalue weighted by Gasteiger charge is -2.06. The molecule has 126 valence electrons. The second kappa shape index (κ2) is 7.21. The summed E-state index contributed by atoms with van der Waals surface area (Å²) in [5.74, 6) is -1.02. The molecule has 0 amide bonds. The fourth-order valence-electron chi connectivity index (χ4n) is 2.46. The van der Waals surface area contributed by atoms with Gasteiger partial charge in [0, 0.05) is 10.6 Å². The minimum atomic E-state index is -3.70. The molecule has 0 atom stereocenters. The molecule has 3 aromatic rings. The predicted molar refractivity (Wildman–Crippen MR) is 99.7 cm³/mol. The summed E-state index contributed by atoms with van der Waals surface area (Å²) in [6, 6.07) is 22.4. The van der Waals surface area contributed by atoms with Crippen LogP contribution in [0.25, 0.3) is 11.1 Å². The summed E-state index contributed by atoms with van der Waals surface area (Å²) < 4.78 is 25.0. The van der Waals surface area contributed by atoms with Crippen LogP contribution in [0.4, 0.5) is 0 Å². The maximum absolute atomic E-state index is 12.5. The molecule has 0 unspecified atom stereocenters. The highest BCUT2D eigenvalue weighted by Gasteiger charge is 2.20. The summed E-state index contributed by atoms with van der Waals surface area (Å²) >= 11 is 5.78.